The van der Waals surface area contributed by atoms with E-state index in [-0.39, 0.29) is 30.6 Å². The summed E-state index contributed by atoms with van der Waals surface area (Å²) < 4.78 is 12.9. The average Bonchev–Trinajstić information content (AvgIpc) is 2.95. The third kappa shape index (κ3) is 9.42. The number of aliphatic hydroxyl groups is 1. The van der Waals surface area contributed by atoms with E-state index in [2.05, 4.69) is 15.5 Å². The number of nitrogens with zero attached hydrogens (tertiary/aromatic N) is 1. The quantitative estimate of drug-likeness (QED) is 0.335. The summed E-state index contributed by atoms with van der Waals surface area (Å²) in [6.07, 6.45) is 7.01. The van der Waals surface area contributed by atoms with Gasteiger partial charge in [0.15, 0.2) is 6.29 Å². The Morgan fingerprint density at radius 3 is 2.33 bits per heavy atom. The number of nitrogens with one attached hydrogen (secondary N) is 2. The molecular weight excluding hydrogens is 494 g/mol. The molecule has 3 N–H and O–H groups in total. The normalized spacial score (nSPS) is 21.8. The molecule has 0 aromatic heterocycles. The summed E-state index contributed by atoms with van der Waals surface area (Å²) in [6, 6.07) is 15.7. The van der Waals surface area contributed by atoms with Gasteiger partial charge < -0.3 is 30.1 Å². The summed E-state index contributed by atoms with van der Waals surface area (Å²) in [6.45, 7) is 5.31. The van der Waals surface area contributed by atoms with Crippen LogP contribution in [0.5, 0.6) is 0 Å². The maximum Gasteiger partial charge on any atom is 0.224 e. The first kappa shape index (κ1) is 29.2. The summed E-state index contributed by atoms with van der Waals surface area (Å²) in [5.41, 5.74) is 3.64. The fourth-order valence-electron chi connectivity index (χ4n) is 5.26. The molecule has 8 heteroatoms. The molecule has 2 aliphatic rings. The highest BCUT2D eigenvalue weighted by Crippen LogP contribution is 2.38. The highest BCUT2D eigenvalue weighted by atomic mass is 16.7. The minimum Gasteiger partial charge on any atom is -0.392 e. The lowest BCUT2D eigenvalue weighted by Gasteiger charge is -2.39. The van der Waals surface area contributed by atoms with E-state index in [9.17, 15) is 14.7 Å². The summed E-state index contributed by atoms with van der Waals surface area (Å²) >= 11 is 0. The average molecular weight is 538 g/mol. The van der Waals surface area contributed by atoms with E-state index < -0.39 is 6.29 Å². The second-order valence-electron chi connectivity index (χ2n) is 10.7. The van der Waals surface area contributed by atoms with Crippen LogP contribution in [0.4, 0.5) is 5.69 Å². The van der Waals surface area contributed by atoms with Gasteiger partial charge in [-0.15, -0.1) is 0 Å². The number of rotatable bonds is 12. The van der Waals surface area contributed by atoms with Gasteiger partial charge in [-0.2, -0.15) is 0 Å². The van der Waals surface area contributed by atoms with Crippen molar-refractivity contribution in [1.29, 1.82) is 0 Å². The zero-order chi connectivity index (χ0) is 27.5. The Morgan fingerprint density at radius 2 is 1.64 bits per heavy atom. The van der Waals surface area contributed by atoms with Gasteiger partial charge in [0.1, 0.15) is 0 Å². The molecule has 2 heterocycles. The summed E-state index contributed by atoms with van der Waals surface area (Å²) in [5, 5.41) is 15.2. The Morgan fingerprint density at radius 1 is 0.923 bits per heavy atom. The Kier molecular flexibility index (Phi) is 11.3. The molecule has 2 aromatic rings. The summed E-state index contributed by atoms with van der Waals surface area (Å²) in [7, 11) is 0. The number of amides is 2. The Bertz CT molecular complexity index is 1040. The third-order valence-electron chi connectivity index (χ3n) is 7.45. The van der Waals surface area contributed by atoms with Gasteiger partial charge in [0, 0.05) is 44.1 Å². The molecule has 2 amide bonds. The lowest BCUT2D eigenvalue weighted by Crippen LogP contribution is -2.41. The van der Waals surface area contributed by atoms with Crippen LogP contribution in [0.15, 0.2) is 48.5 Å². The maximum absolute atomic E-state index is 12.4. The van der Waals surface area contributed by atoms with Gasteiger partial charge in [-0.3, -0.25) is 9.59 Å². The van der Waals surface area contributed by atoms with Gasteiger partial charge in [0.25, 0.3) is 0 Å². The van der Waals surface area contributed by atoms with Crippen molar-refractivity contribution in [2.45, 2.75) is 83.4 Å². The minimum atomic E-state index is -0.496. The smallest absolute Gasteiger partial charge is 0.224 e. The summed E-state index contributed by atoms with van der Waals surface area (Å²) in [5.74, 6) is -0.0367. The predicted octanol–water partition coefficient (Wildman–Crippen LogP) is 4.85. The van der Waals surface area contributed by atoms with Crippen molar-refractivity contribution in [2.24, 2.45) is 0 Å². The SMILES string of the molecule is CC(=O)NCCCCCC(=O)Nc1ccc([C@@H]2O[C@H](CN3CCCCC3)C[C@H](c3ccc(CO)cc3)O2)cc1. The van der Waals surface area contributed by atoms with Crippen LogP contribution in [0.1, 0.15) is 87.4 Å². The lowest BCUT2D eigenvalue weighted by molar-refractivity contribution is -0.253. The molecule has 0 aliphatic carbocycles. The van der Waals surface area contributed by atoms with Crippen LogP contribution < -0.4 is 10.6 Å². The highest BCUT2D eigenvalue weighted by Gasteiger charge is 2.33. The third-order valence-corrected chi connectivity index (χ3v) is 7.45. The summed E-state index contributed by atoms with van der Waals surface area (Å²) in [4.78, 5) is 25.8. The van der Waals surface area contributed by atoms with Crippen LogP contribution in [0, 0.1) is 0 Å². The number of aliphatic hydroxyl groups excluding tert-OH is 1. The fraction of sp³-hybridized carbons (Fsp3) is 0.548. The zero-order valence-electron chi connectivity index (χ0n) is 23.1. The molecule has 8 nitrogen and oxygen atoms in total. The number of ether oxygens (including phenoxy) is 2. The van der Waals surface area contributed by atoms with Crippen molar-refractivity contribution in [2.75, 3.05) is 31.5 Å². The minimum absolute atomic E-state index is 0.0135. The Labute approximate surface area is 232 Å². The molecule has 2 aromatic carbocycles. The number of likely N-dealkylation sites (tertiary alicyclic amines) is 1. The molecule has 0 spiro atoms. The largest absolute Gasteiger partial charge is 0.392 e. The Hall–Kier alpha value is -2.78. The van der Waals surface area contributed by atoms with E-state index in [4.69, 9.17) is 9.47 Å². The number of hydrogen-bond donors (Lipinski definition) is 3. The number of unbranched alkanes of at least 4 members (excludes halogenated alkanes) is 2. The van der Waals surface area contributed by atoms with E-state index in [1.807, 2.05) is 48.5 Å². The molecule has 2 saturated heterocycles. The second kappa shape index (κ2) is 15.1. The van der Waals surface area contributed by atoms with E-state index in [1.165, 1.54) is 26.2 Å². The van der Waals surface area contributed by atoms with Gasteiger partial charge in [0.05, 0.1) is 18.8 Å². The van der Waals surface area contributed by atoms with Crippen LogP contribution in [0.2, 0.25) is 0 Å². The van der Waals surface area contributed by atoms with Crippen LogP contribution in [0.3, 0.4) is 0 Å². The molecule has 2 aliphatic heterocycles. The van der Waals surface area contributed by atoms with E-state index in [1.54, 1.807) is 0 Å². The highest BCUT2D eigenvalue weighted by molar-refractivity contribution is 5.90. The standard InChI is InChI=1S/C31H43N3O5/c1-23(36)32-17-5-2-4-8-30(37)33-27-15-13-26(14-16-27)31-38-28(21-34-18-6-3-7-19-34)20-29(39-31)25-11-9-24(22-35)10-12-25/h9-16,28-29,31,35H,2-8,17-22H2,1H3,(H,32,36)(H,33,37)/t28-,29+,31+/m0/s1. The van der Waals surface area contributed by atoms with Crippen LogP contribution in [-0.4, -0.2) is 54.1 Å². The van der Waals surface area contributed by atoms with Crippen molar-refractivity contribution in [3.05, 3.63) is 65.2 Å². The van der Waals surface area contributed by atoms with Gasteiger partial charge in [-0.1, -0.05) is 49.2 Å². The van der Waals surface area contributed by atoms with Crippen molar-refractivity contribution in [3.8, 4) is 0 Å². The molecule has 39 heavy (non-hydrogen) atoms. The molecule has 2 fully saturated rings. The van der Waals surface area contributed by atoms with E-state index >= 15 is 0 Å². The maximum atomic E-state index is 12.4. The number of carbonyl (C=O) groups excluding carboxylic acids is 2. The number of carbonyl (C=O) groups is 2. The van der Waals surface area contributed by atoms with Gasteiger partial charge >= 0.3 is 0 Å². The predicted molar refractivity (Wildman–Crippen MR) is 151 cm³/mol. The van der Waals surface area contributed by atoms with E-state index in [0.717, 1.165) is 67.7 Å². The van der Waals surface area contributed by atoms with Crippen LogP contribution in [-0.2, 0) is 25.7 Å². The van der Waals surface area contributed by atoms with Crippen molar-refractivity contribution in [1.82, 2.24) is 10.2 Å². The first-order chi connectivity index (χ1) is 19.0. The topological polar surface area (TPSA) is 100 Å². The van der Waals surface area contributed by atoms with Gasteiger partial charge in [-0.25, -0.2) is 0 Å². The molecular formula is C31H43N3O5. The van der Waals surface area contributed by atoms with Crippen molar-refractivity contribution < 1.29 is 24.2 Å². The number of anilines is 1. The molecule has 0 saturated carbocycles. The van der Waals surface area contributed by atoms with Crippen LogP contribution >= 0.6 is 0 Å². The number of benzene rings is 2. The molecule has 3 atom stereocenters. The monoisotopic (exact) mass is 537 g/mol. The second-order valence-corrected chi connectivity index (χ2v) is 10.7. The first-order valence-corrected chi connectivity index (χ1v) is 14.4. The zero-order valence-corrected chi connectivity index (χ0v) is 23.1. The van der Waals surface area contributed by atoms with Crippen molar-refractivity contribution >= 4 is 17.5 Å². The van der Waals surface area contributed by atoms with Crippen LogP contribution in [0.25, 0.3) is 0 Å². The molecule has 0 radical (unpaired) electrons. The van der Waals surface area contributed by atoms with Gasteiger partial charge in [-0.05, 0) is 62.0 Å². The number of hydrogen-bond acceptors (Lipinski definition) is 6. The molecule has 0 unspecified atom stereocenters. The lowest BCUT2D eigenvalue weighted by atomic mass is 9.99. The van der Waals surface area contributed by atoms with Crippen molar-refractivity contribution in [3.63, 3.8) is 0 Å². The first-order valence-electron chi connectivity index (χ1n) is 14.4. The fourth-order valence-corrected chi connectivity index (χ4v) is 5.26. The van der Waals surface area contributed by atoms with Gasteiger partial charge in [0.2, 0.25) is 11.8 Å². The number of piperidine rings is 1. The van der Waals surface area contributed by atoms with E-state index in [0.29, 0.717) is 13.0 Å². The molecule has 0 bridgehead atoms. The Balaban J connectivity index is 1.34. The molecule has 212 valence electrons. The molecule has 4 rings (SSSR count).